The summed E-state index contributed by atoms with van der Waals surface area (Å²) in [5.74, 6) is 0. The molecule has 0 unspecified atom stereocenters. The first-order valence-electron chi connectivity index (χ1n) is 4.86. The summed E-state index contributed by atoms with van der Waals surface area (Å²) in [4.78, 5) is 21.9. The maximum atomic E-state index is 11.0. The fourth-order valence-corrected chi connectivity index (χ4v) is 1.84. The first-order valence-corrected chi connectivity index (χ1v) is 4.86. The van der Waals surface area contributed by atoms with E-state index in [1.54, 1.807) is 0 Å². The number of nitrogens with two attached hydrogens (primary N) is 1. The monoisotopic (exact) mass is 194 g/mol. The first-order chi connectivity index (χ1) is 6.53. The average molecular weight is 194 g/mol. The third-order valence-electron chi connectivity index (χ3n) is 3.20. The van der Waals surface area contributed by atoms with Crippen LogP contribution in [0.5, 0.6) is 0 Å². The summed E-state index contributed by atoms with van der Waals surface area (Å²) >= 11 is 0. The van der Waals surface area contributed by atoms with Gasteiger partial charge in [-0.25, -0.2) is 0 Å². The van der Waals surface area contributed by atoms with Crippen LogP contribution in [0, 0.1) is 5.41 Å². The molecule has 0 spiro atoms. The predicted molar refractivity (Wildman–Crippen MR) is 56.2 cm³/mol. The van der Waals surface area contributed by atoms with E-state index in [0.717, 1.165) is 6.54 Å². The highest BCUT2D eigenvalue weighted by Crippen LogP contribution is 2.40. The highest BCUT2D eigenvalue weighted by molar-refractivity contribution is 5.71. The van der Waals surface area contributed by atoms with E-state index >= 15 is 0 Å². The van der Waals surface area contributed by atoms with E-state index in [4.69, 9.17) is 5.73 Å². The Morgan fingerprint density at radius 2 is 2.00 bits per heavy atom. The highest BCUT2D eigenvalue weighted by Gasteiger charge is 2.32. The number of anilines is 2. The second kappa shape index (κ2) is 2.83. The molecule has 76 valence electrons. The average Bonchev–Trinajstić information content (AvgIpc) is 2.14. The van der Waals surface area contributed by atoms with Crippen LogP contribution in [0.1, 0.15) is 26.2 Å². The van der Waals surface area contributed by atoms with Crippen LogP contribution in [0.4, 0.5) is 11.4 Å². The summed E-state index contributed by atoms with van der Waals surface area (Å²) in [6.45, 7) is 2.91. The van der Waals surface area contributed by atoms with E-state index in [0.29, 0.717) is 5.69 Å². The van der Waals surface area contributed by atoms with Crippen LogP contribution >= 0.6 is 0 Å². The molecule has 1 aliphatic carbocycles. The second-order valence-electron chi connectivity index (χ2n) is 4.46. The van der Waals surface area contributed by atoms with Crippen LogP contribution < -0.4 is 21.9 Å². The molecule has 0 aromatic heterocycles. The summed E-state index contributed by atoms with van der Waals surface area (Å²) in [6.07, 6.45) is 3.60. The summed E-state index contributed by atoms with van der Waals surface area (Å²) in [6, 6.07) is 0. The lowest BCUT2D eigenvalue weighted by Crippen LogP contribution is -2.40. The molecule has 0 aliphatic heterocycles. The molecule has 4 nitrogen and oxygen atoms in total. The van der Waals surface area contributed by atoms with Crippen LogP contribution in [-0.4, -0.2) is 6.54 Å². The van der Waals surface area contributed by atoms with Gasteiger partial charge < -0.3 is 11.1 Å². The Hall–Kier alpha value is -1.32. The molecule has 1 fully saturated rings. The normalized spacial score (nSPS) is 19.2. The maximum absolute atomic E-state index is 11.0. The van der Waals surface area contributed by atoms with Crippen molar-refractivity contribution in [1.29, 1.82) is 0 Å². The molecule has 3 N–H and O–H groups in total. The number of hydrogen-bond acceptors (Lipinski definition) is 4. The summed E-state index contributed by atoms with van der Waals surface area (Å²) in [5, 5.41) is 2.98. The van der Waals surface area contributed by atoms with E-state index in [1.807, 2.05) is 0 Å². The van der Waals surface area contributed by atoms with Crippen molar-refractivity contribution >= 4 is 11.4 Å². The van der Waals surface area contributed by atoms with Gasteiger partial charge in [-0.3, -0.25) is 9.59 Å². The van der Waals surface area contributed by atoms with E-state index in [1.165, 1.54) is 19.3 Å². The molecule has 0 radical (unpaired) electrons. The number of nitrogen functional groups attached to an aromatic ring is 1. The molecular formula is C10H14N2O2. The summed E-state index contributed by atoms with van der Waals surface area (Å²) in [5.41, 5.74) is 5.08. The largest absolute Gasteiger partial charge is 0.394 e. The lowest BCUT2D eigenvalue weighted by atomic mass is 9.70. The third kappa shape index (κ3) is 1.22. The third-order valence-corrected chi connectivity index (χ3v) is 3.20. The SMILES string of the molecule is CC1(CNc2c(N)c(=O)c2=O)CCC1. The number of rotatable bonds is 3. The highest BCUT2D eigenvalue weighted by atomic mass is 16.2. The molecule has 0 saturated heterocycles. The summed E-state index contributed by atoms with van der Waals surface area (Å²) in [7, 11) is 0. The molecule has 1 aromatic rings. The molecule has 1 aliphatic rings. The fraction of sp³-hybridized carbons (Fsp3) is 0.600. The fourth-order valence-electron chi connectivity index (χ4n) is 1.84. The lowest BCUT2D eigenvalue weighted by molar-refractivity contribution is 0.180. The van der Waals surface area contributed by atoms with E-state index in [2.05, 4.69) is 12.2 Å². The number of nitrogens with one attached hydrogen (secondary N) is 1. The van der Waals surface area contributed by atoms with Crippen molar-refractivity contribution in [2.75, 3.05) is 17.6 Å². The van der Waals surface area contributed by atoms with Gasteiger partial charge in [0.25, 0.3) is 10.9 Å². The Morgan fingerprint density at radius 1 is 1.36 bits per heavy atom. The van der Waals surface area contributed by atoms with E-state index in [-0.39, 0.29) is 11.1 Å². The van der Waals surface area contributed by atoms with Gasteiger partial charge in [-0.1, -0.05) is 13.3 Å². The first kappa shape index (κ1) is 9.24. The molecule has 1 saturated carbocycles. The van der Waals surface area contributed by atoms with Gasteiger partial charge in [0, 0.05) is 6.54 Å². The Kier molecular flexibility index (Phi) is 1.87. The molecule has 14 heavy (non-hydrogen) atoms. The lowest BCUT2D eigenvalue weighted by Gasteiger charge is -2.38. The van der Waals surface area contributed by atoms with Crippen LogP contribution in [0.15, 0.2) is 9.59 Å². The molecule has 1 aromatic carbocycles. The van der Waals surface area contributed by atoms with Crippen molar-refractivity contribution in [2.24, 2.45) is 5.41 Å². The molecule has 0 heterocycles. The quantitative estimate of drug-likeness (QED) is 0.686. The van der Waals surface area contributed by atoms with Gasteiger partial charge in [-0.05, 0) is 18.3 Å². The smallest absolute Gasteiger partial charge is 0.253 e. The zero-order valence-corrected chi connectivity index (χ0v) is 8.22. The van der Waals surface area contributed by atoms with Gasteiger partial charge in [0.05, 0.1) is 0 Å². The van der Waals surface area contributed by atoms with Crippen molar-refractivity contribution in [3.63, 3.8) is 0 Å². The predicted octanol–water partition coefficient (Wildman–Crippen LogP) is 0.467. The molecule has 0 atom stereocenters. The maximum Gasteiger partial charge on any atom is 0.253 e. The van der Waals surface area contributed by atoms with Crippen molar-refractivity contribution in [3.05, 3.63) is 20.4 Å². The van der Waals surface area contributed by atoms with Crippen molar-refractivity contribution in [2.45, 2.75) is 26.2 Å². The minimum Gasteiger partial charge on any atom is -0.394 e. The van der Waals surface area contributed by atoms with Crippen molar-refractivity contribution in [3.8, 4) is 0 Å². The van der Waals surface area contributed by atoms with Gasteiger partial charge in [0.2, 0.25) is 0 Å². The van der Waals surface area contributed by atoms with Gasteiger partial charge in [-0.15, -0.1) is 0 Å². The Morgan fingerprint density at radius 3 is 2.43 bits per heavy atom. The standard InChI is InChI=1S/C10H14N2O2/c1-10(3-2-4-10)5-12-7-6(11)8(13)9(7)14/h12H,2-5,11H2,1H3. The molecule has 4 heteroatoms. The molecule has 2 rings (SSSR count). The van der Waals surface area contributed by atoms with Crippen LogP contribution in [0.2, 0.25) is 0 Å². The van der Waals surface area contributed by atoms with Crippen LogP contribution in [0.25, 0.3) is 0 Å². The van der Waals surface area contributed by atoms with Gasteiger partial charge >= 0.3 is 0 Å². The molecular weight excluding hydrogens is 180 g/mol. The number of hydrogen-bond donors (Lipinski definition) is 2. The molecule has 0 bridgehead atoms. The van der Waals surface area contributed by atoms with Crippen LogP contribution in [-0.2, 0) is 0 Å². The van der Waals surface area contributed by atoms with Gasteiger partial charge in [-0.2, -0.15) is 0 Å². The second-order valence-corrected chi connectivity index (χ2v) is 4.46. The van der Waals surface area contributed by atoms with Gasteiger partial charge in [0.15, 0.2) is 0 Å². The van der Waals surface area contributed by atoms with Crippen LogP contribution in [0.3, 0.4) is 0 Å². The van der Waals surface area contributed by atoms with E-state index < -0.39 is 10.9 Å². The van der Waals surface area contributed by atoms with Gasteiger partial charge in [0.1, 0.15) is 11.4 Å². The van der Waals surface area contributed by atoms with Crippen molar-refractivity contribution < 1.29 is 0 Å². The van der Waals surface area contributed by atoms with Crippen molar-refractivity contribution in [1.82, 2.24) is 0 Å². The zero-order chi connectivity index (χ0) is 10.3. The Bertz CT molecular complexity index is 425. The molecule has 0 amide bonds. The minimum absolute atomic E-state index is 0.0953. The summed E-state index contributed by atoms with van der Waals surface area (Å²) < 4.78 is 0. The minimum atomic E-state index is -0.550. The Balaban J connectivity index is 2.00. The topological polar surface area (TPSA) is 72.2 Å². The zero-order valence-electron chi connectivity index (χ0n) is 8.22. The Labute approximate surface area is 81.8 Å². The van der Waals surface area contributed by atoms with E-state index in [9.17, 15) is 9.59 Å².